The third-order valence-electron chi connectivity index (χ3n) is 6.65. The molecule has 0 saturated carbocycles. The highest BCUT2D eigenvalue weighted by atomic mass is 35.5. The number of carbonyl (C=O) groups is 2. The minimum atomic E-state index is -0.473. The summed E-state index contributed by atoms with van der Waals surface area (Å²) in [4.78, 5) is 26.4. The molecule has 220 valence electrons. The smallest absolute Gasteiger partial charge is 0.268 e. The molecule has 0 spiro atoms. The number of halogens is 1. The summed E-state index contributed by atoms with van der Waals surface area (Å²) in [6.45, 7) is 2.11. The molecule has 5 aromatic rings. The molecule has 44 heavy (non-hydrogen) atoms. The lowest BCUT2D eigenvalue weighted by atomic mass is 10.2. The van der Waals surface area contributed by atoms with Gasteiger partial charge < -0.3 is 25.7 Å². The Morgan fingerprint density at radius 1 is 0.841 bits per heavy atom. The van der Waals surface area contributed by atoms with Crippen molar-refractivity contribution in [3.63, 3.8) is 0 Å². The van der Waals surface area contributed by atoms with Gasteiger partial charge in [-0.1, -0.05) is 78.3 Å². The Morgan fingerprint density at radius 3 is 2.34 bits per heavy atom. The van der Waals surface area contributed by atoms with Crippen LogP contribution in [0.15, 0.2) is 125 Å². The summed E-state index contributed by atoms with van der Waals surface area (Å²) < 4.78 is 5.97. The molecule has 4 N–H and O–H groups in total. The second-order valence-electron chi connectivity index (χ2n) is 9.82. The number of thiocarbonyl (C=S) groups is 1. The Morgan fingerprint density at radius 2 is 1.57 bits per heavy atom. The number of anilines is 2. The fourth-order valence-corrected chi connectivity index (χ4v) is 4.74. The monoisotopic (exact) mass is 620 g/mol. The summed E-state index contributed by atoms with van der Waals surface area (Å²) in [6.07, 6.45) is 1.52. The highest BCUT2D eigenvalue weighted by Crippen LogP contribution is 2.24. The van der Waals surface area contributed by atoms with Crippen molar-refractivity contribution in [3.8, 4) is 11.3 Å². The molecule has 0 fully saturated rings. The number of hydrogen-bond acceptors (Lipinski definition) is 4. The van der Waals surface area contributed by atoms with Crippen LogP contribution in [0.25, 0.3) is 17.4 Å². The van der Waals surface area contributed by atoms with E-state index in [2.05, 4.69) is 21.3 Å². The molecule has 2 amide bonds. The lowest BCUT2D eigenvalue weighted by molar-refractivity contribution is -0.117. The molecule has 0 aliphatic carbocycles. The van der Waals surface area contributed by atoms with Crippen molar-refractivity contribution >= 4 is 58.2 Å². The van der Waals surface area contributed by atoms with E-state index in [9.17, 15) is 9.59 Å². The van der Waals surface area contributed by atoms with E-state index in [0.29, 0.717) is 27.2 Å². The second-order valence-corrected chi connectivity index (χ2v) is 10.6. The highest BCUT2D eigenvalue weighted by Gasteiger charge is 2.16. The highest BCUT2D eigenvalue weighted by molar-refractivity contribution is 7.80. The number of hydrogen-bond donors (Lipinski definition) is 4. The van der Waals surface area contributed by atoms with E-state index >= 15 is 0 Å². The first kappa shape index (κ1) is 30.3. The molecule has 5 rings (SSSR count). The maximum absolute atomic E-state index is 13.4. The van der Waals surface area contributed by atoms with Crippen LogP contribution in [0.4, 0.5) is 11.4 Å². The molecule has 4 aromatic carbocycles. The molecular weight excluding hydrogens is 592 g/mol. The molecule has 0 unspecified atom stereocenters. The van der Waals surface area contributed by atoms with Crippen LogP contribution in [0, 0.1) is 6.92 Å². The fraction of sp³-hybridized carbons (Fsp3) is 0.0571. The van der Waals surface area contributed by atoms with Gasteiger partial charge in [-0.05, 0) is 78.8 Å². The minimum Gasteiger partial charge on any atom is -0.457 e. The quantitative estimate of drug-likeness (QED) is 0.0992. The van der Waals surface area contributed by atoms with Crippen LogP contribution in [-0.2, 0) is 11.3 Å². The zero-order valence-electron chi connectivity index (χ0n) is 23.8. The summed E-state index contributed by atoms with van der Waals surface area (Å²) in [6, 6.07) is 34.9. The molecule has 1 aromatic heterocycles. The van der Waals surface area contributed by atoms with Gasteiger partial charge in [0.05, 0.1) is 0 Å². The Kier molecular flexibility index (Phi) is 9.86. The van der Waals surface area contributed by atoms with Crippen LogP contribution in [0.3, 0.4) is 0 Å². The molecule has 9 heteroatoms. The average Bonchev–Trinajstić information content (AvgIpc) is 3.51. The Balaban J connectivity index is 1.28. The molecule has 0 aliphatic rings. The van der Waals surface area contributed by atoms with Crippen LogP contribution in [-0.4, -0.2) is 16.9 Å². The van der Waals surface area contributed by atoms with Crippen LogP contribution in [0.1, 0.15) is 27.2 Å². The molecule has 1 heterocycles. The Hall–Kier alpha value is -5.18. The van der Waals surface area contributed by atoms with E-state index in [-0.39, 0.29) is 12.2 Å². The van der Waals surface area contributed by atoms with Gasteiger partial charge >= 0.3 is 0 Å². The molecule has 0 aliphatic heterocycles. The first-order chi connectivity index (χ1) is 21.4. The summed E-state index contributed by atoms with van der Waals surface area (Å²) in [5, 5.41) is 13.0. The van der Waals surface area contributed by atoms with Gasteiger partial charge in [0.15, 0.2) is 5.11 Å². The van der Waals surface area contributed by atoms with Gasteiger partial charge in [-0.2, -0.15) is 0 Å². The third-order valence-corrected chi connectivity index (χ3v) is 7.27. The first-order valence-corrected chi connectivity index (χ1v) is 14.6. The maximum Gasteiger partial charge on any atom is 0.268 e. The molecule has 7 nitrogen and oxygen atoms in total. The van der Waals surface area contributed by atoms with Crippen molar-refractivity contribution in [1.29, 1.82) is 0 Å². The zero-order valence-corrected chi connectivity index (χ0v) is 25.3. The standard InChI is InChI=1S/C35H29ClN4O3S/c1-23-29(36)16-9-17-30(23)40-35(44)38-27-15-8-10-24(20-27)22-37-34(42)31(39-33(41)26-13-6-3-7-14-26)21-28-18-19-32(43-28)25-11-4-2-5-12-25/h2-21H,22H2,1H3,(H,37,42)(H,39,41)(H2,38,40,44)/b31-21-. The van der Waals surface area contributed by atoms with E-state index in [0.717, 1.165) is 28.1 Å². The normalized spacial score (nSPS) is 11.0. The largest absolute Gasteiger partial charge is 0.457 e. The predicted octanol–water partition coefficient (Wildman–Crippen LogP) is 7.80. The van der Waals surface area contributed by atoms with Gasteiger partial charge in [0.2, 0.25) is 0 Å². The summed E-state index contributed by atoms with van der Waals surface area (Å²) >= 11 is 11.7. The van der Waals surface area contributed by atoms with Crippen LogP contribution >= 0.6 is 23.8 Å². The van der Waals surface area contributed by atoms with Crippen LogP contribution in [0.5, 0.6) is 0 Å². The van der Waals surface area contributed by atoms with E-state index in [1.54, 1.807) is 30.3 Å². The van der Waals surface area contributed by atoms with Crippen molar-refractivity contribution in [3.05, 3.63) is 148 Å². The van der Waals surface area contributed by atoms with Crippen molar-refractivity contribution in [2.45, 2.75) is 13.5 Å². The summed E-state index contributed by atoms with van der Waals surface area (Å²) in [5.74, 6) is 0.181. The lowest BCUT2D eigenvalue weighted by Crippen LogP contribution is -2.34. The maximum atomic E-state index is 13.4. The van der Waals surface area contributed by atoms with Gasteiger partial charge in [-0.3, -0.25) is 9.59 Å². The van der Waals surface area contributed by atoms with Crippen molar-refractivity contribution in [2.75, 3.05) is 10.6 Å². The molecular formula is C35H29ClN4O3S. The topological polar surface area (TPSA) is 95.4 Å². The van der Waals surface area contributed by atoms with Gasteiger partial charge in [-0.25, -0.2) is 0 Å². The number of nitrogens with one attached hydrogen (secondary N) is 4. The molecule has 0 atom stereocenters. The Bertz CT molecular complexity index is 1820. The lowest BCUT2D eigenvalue weighted by Gasteiger charge is -2.14. The van der Waals surface area contributed by atoms with Gasteiger partial charge in [-0.15, -0.1) is 0 Å². The molecule has 0 bridgehead atoms. The van der Waals surface area contributed by atoms with Gasteiger partial charge in [0.1, 0.15) is 17.2 Å². The molecule has 0 radical (unpaired) electrons. The van der Waals surface area contributed by atoms with E-state index < -0.39 is 11.8 Å². The van der Waals surface area contributed by atoms with Gasteiger partial charge in [0.25, 0.3) is 11.8 Å². The number of carbonyl (C=O) groups excluding carboxylic acids is 2. The summed E-state index contributed by atoms with van der Waals surface area (Å²) in [7, 11) is 0. The van der Waals surface area contributed by atoms with Crippen LogP contribution in [0.2, 0.25) is 5.02 Å². The van der Waals surface area contributed by atoms with Crippen molar-refractivity contribution < 1.29 is 14.0 Å². The molecule has 0 saturated heterocycles. The second kappa shape index (κ2) is 14.3. The summed E-state index contributed by atoms with van der Waals surface area (Å²) in [5.41, 5.74) is 4.63. The van der Waals surface area contributed by atoms with E-state index in [4.69, 9.17) is 28.2 Å². The van der Waals surface area contributed by atoms with Crippen molar-refractivity contribution in [1.82, 2.24) is 10.6 Å². The SMILES string of the molecule is Cc1c(Cl)cccc1NC(=S)Nc1cccc(CNC(=O)/C(=C/c2ccc(-c3ccccc3)o2)NC(=O)c2ccccc2)c1. The average molecular weight is 621 g/mol. The predicted molar refractivity (Wildman–Crippen MR) is 180 cm³/mol. The number of benzene rings is 4. The fourth-order valence-electron chi connectivity index (χ4n) is 4.34. The number of amides is 2. The van der Waals surface area contributed by atoms with E-state index in [1.165, 1.54) is 6.08 Å². The Labute approximate surface area is 266 Å². The third kappa shape index (κ3) is 8.01. The van der Waals surface area contributed by atoms with Crippen LogP contribution < -0.4 is 21.3 Å². The number of furan rings is 1. The number of rotatable bonds is 9. The van der Waals surface area contributed by atoms with Crippen molar-refractivity contribution in [2.24, 2.45) is 0 Å². The van der Waals surface area contributed by atoms with E-state index in [1.807, 2.05) is 91.9 Å². The van der Waals surface area contributed by atoms with Gasteiger partial charge in [0, 0.05) is 40.1 Å². The zero-order chi connectivity index (χ0) is 30.9. The minimum absolute atomic E-state index is 0.0457. The first-order valence-electron chi connectivity index (χ1n) is 13.8.